The quantitative estimate of drug-likeness (QED) is 0.561. The fourth-order valence-electron chi connectivity index (χ4n) is 0.778. The molecule has 0 radical (unpaired) electrons. The molecule has 0 aliphatic rings. The third kappa shape index (κ3) is 0.767. The highest BCUT2D eigenvalue weighted by Crippen LogP contribution is 2.07. The van der Waals surface area contributed by atoms with Crippen LogP contribution in [0.5, 0.6) is 0 Å². The molecule has 2 aromatic rings. The van der Waals surface area contributed by atoms with Crippen LogP contribution in [0.1, 0.15) is 0 Å². The van der Waals surface area contributed by atoms with Gasteiger partial charge in [-0.25, -0.2) is 4.98 Å². The molecule has 0 unspecified atom stereocenters. The molecule has 50 valence electrons. The van der Waals surface area contributed by atoms with Crippen LogP contribution in [0.3, 0.4) is 0 Å². The van der Waals surface area contributed by atoms with E-state index >= 15 is 0 Å². The van der Waals surface area contributed by atoms with Gasteiger partial charge in [0.15, 0.2) is 4.96 Å². The van der Waals surface area contributed by atoms with Gasteiger partial charge >= 0.3 is 0 Å². The Morgan fingerprint density at radius 2 is 2.50 bits per heavy atom. The van der Waals surface area contributed by atoms with Gasteiger partial charge in [-0.2, -0.15) is 0 Å². The maximum absolute atomic E-state index is 5.04. The van der Waals surface area contributed by atoms with E-state index in [-0.39, 0.29) is 0 Å². The van der Waals surface area contributed by atoms with E-state index in [0.29, 0.717) is 0 Å². The predicted octanol–water partition coefficient (Wildman–Crippen LogP) is 2.13. The van der Waals surface area contributed by atoms with Gasteiger partial charge in [0.25, 0.3) is 0 Å². The summed E-state index contributed by atoms with van der Waals surface area (Å²) < 4.78 is 2.70. The first-order valence-corrected chi connectivity index (χ1v) is 4.07. The summed E-state index contributed by atoms with van der Waals surface area (Å²) in [5.41, 5.74) is 0. The van der Waals surface area contributed by atoms with Gasteiger partial charge in [0.1, 0.15) is 4.64 Å². The molecule has 10 heavy (non-hydrogen) atoms. The van der Waals surface area contributed by atoms with Crippen LogP contribution in [-0.2, 0) is 0 Å². The van der Waals surface area contributed by atoms with Crippen molar-refractivity contribution in [3.63, 3.8) is 0 Å². The third-order valence-electron chi connectivity index (χ3n) is 1.23. The lowest BCUT2D eigenvalue weighted by molar-refractivity contribution is 1.12. The highest BCUT2D eigenvalue weighted by molar-refractivity contribution is 7.71. The molecule has 0 fully saturated rings. The standard InChI is InChI=1S/C6H4N2S2/c9-5-1-2-7-6-8(5)3-4-10-6/h1-4H. The van der Waals surface area contributed by atoms with Crippen molar-refractivity contribution in [3.05, 3.63) is 28.5 Å². The van der Waals surface area contributed by atoms with E-state index in [1.54, 1.807) is 17.5 Å². The maximum Gasteiger partial charge on any atom is 0.194 e. The average Bonchev–Trinajstić information content (AvgIpc) is 2.36. The minimum absolute atomic E-state index is 0.811. The van der Waals surface area contributed by atoms with Gasteiger partial charge in [-0.3, -0.25) is 4.40 Å². The molecule has 0 bridgehead atoms. The largest absolute Gasteiger partial charge is 0.283 e. The summed E-state index contributed by atoms with van der Waals surface area (Å²) in [6.07, 6.45) is 3.66. The Balaban J connectivity index is 3.09. The molecule has 0 saturated heterocycles. The van der Waals surface area contributed by atoms with Crippen molar-refractivity contribution in [3.8, 4) is 0 Å². The number of hydrogen-bond acceptors (Lipinski definition) is 3. The molecule has 2 aromatic heterocycles. The Bertz CT molecular complexity index is 401. The van der Waals surface area contributed by atoms with Crippen LogP contribution < -0.4 is 0 Å². The minimum atomic E-state index is 0.811. The van der Waals surface area contributed by atoms with Gasteiger partial charge in [0.2, 0.25) is 0 Å². The molecule has 0 atom stereocenters. The number of hydrogen-bond donors (Lipinski definition) is 0. The van der Waals surface area contributed by atoms with E-state index in [9.17, 15) is 0 Å². The first-order valence-electron chi connectivity index (χ1n) is 2.79. The first kappa shape index (κ1) is 6.00. The van der Waals surface area contributed by atoms with Crippen molar-refractivity contribution in [2.24, 2.45) is 0 Å². The molecule has 0 aliphatic carbocycles. The Hall–Kier alpha value is -0.740. The summed E-state index contributed by atoms with van der Waals surface area (Å²) in [4.78, 5) is 5.07. The van der Waals surface area contributed by atoms with Crippen molar-refractivity contribution in [1.29, 1.82) is 0 Å². The van der Waals surface area contributed by atoms with Gasteiger partial charge in [0, 0.05) is 17.8 Å². The first-order chi connectivity index (χ1) is 4.88. The maximum atomic E-state index is 5.04. The van der Waals surface area contributed by atoms with Gasteiger partial charge < -0.3 is 0 Å². The molecule has 0 N–H and O–H groups in total. The zero-order valence-corrected chi connectivity index (χ0v) is 6.65. The van der Waals surface area contributed by atoms with E-state index in [4.69, 9.17) is 12.2 Å². The van der Waals surface area contributed by atoms with Crippen molar-refractivity contribution in [1.82, 2.24) is 9.38 Å². The third-order valence-corrected chi connectivity index (χ3v) is 2.33. The zero-order valence-electron chi connectivity index (χ0n) is 5.02. The Morgan fingerprint density at radius 3 is 3.30 bits per heavy atom. The van der Waals surface area contributed by atoms with Gasteiger partial charge in [-0.05, 0) is 6.07 Å². The van der Waals surface area contributed by atoms with Crippen molar-refractivity contribution in [2.45, 2.75) is 0 Å². The Kier molecular flexibility index (Phi) is 1.28. The summed E-state index contributed by atoms with van der Waals surface area (Å²) >= 11 is 6.62. The molecule has 0 spiro atoms. The summed E-state index contributed by atoms with van der Waals surface area (Å²) in [6, 6.07) is 1.81. The van der Waals surface area contributed by atoms with Crippen LogP contribution in [0, 0.1) is 4.64 Å². The second-order valence-corrected chi connectivity index (χ2v) is 3.13. The van der Waals surface area contributed by atoms with Crippen LogP contribution >= 0.6 is 23.6 Å². The van der Waals surface area contributed by atoms with Gasteiger partial charge in [0.05, 0.1) is 0 Å². The number of nitrogens with zero attached hydrogens (tertiary/aromatic N) is 2. The second-order valence-electron chi connectivity index (χ2n) is 1.84. The second kappa shape index (κ2) is 2.14. The molecule has 2 rings (SSSR count). The monoisotopic (exact) mass is 168 g/mol. The molecular weight excluding hydrogens is 164 g/mol. The topological polar surface area (TPSA) is 17.3 Å². The van der Waals surface area contributed by atoms with E-state index in [1.807, 2.05) is 22.0 Å². The van der Waals surface area contributed by atoms with Crippen LogP contribution in [0.4, 0.5) is 0 Å². The number of aromatic nitrogens is 2. The lowest BCUT2D eigenvalue weighted by atomic mass is 10.7. The minimum Gasteiger partial charge on any atom is -0.283 e. The fraction of sp³-hybridized carbons (Fsp3) is 0. The van der Waals surface area contributed by atoms with E-state index < -0.39 is 0 Å². The van der Waals surface area contributed by atoms with Crippen LogP contribution in [0.15, 0.2) is 23.8 Å². The highest BCUT2D eigenvalue weighted by atomic mass is 32.1. The lowest BCUT2D eigenvalue weighted by Crippen LogP contribution is -1.83. The fourth-order valence-corrected chi connectivity index (χ4v) is 1.74. The molecule has 0 aromatic carbocycles. The predicted molar refractivity (Wildman–Crippen MR) is 43.9 cm³/mol. The van der Waals surface area contributed by atoms with E-state index in [1.165, 1.54) is 0 Å². The van der Waals surface area contributed by atoms with Gasteiger partial charge in [-0.1, -0.05) is 12.2 Å². The van der Waals surface area contributed by atoms with Crippen molar-refractivity contribution in [2.75, 3.05) is 0 Å². The summed E-state index contributed by atoms with van der Waals surface area (Å²) in [6.45, 7) is 0. The van der Waals surface area contributed by atoms with E-state index in [2.05, 4.69) is 4.98 Å². The Labute approximate surface area is 66.8 Å². The van der Waals surface area contributed by atoms with Crippen LogP contribution in [0.2, 0.25) is 0 Å². The molecule has 0 saturated carbocycles. The molecule has 0 aliphatic heterocycles. The van der Waals surface area contributed by atoms with Gasteiger partial charge in [-0.15, -0.1) is 11.3 Å². The van der Waals surface area contributed by atoms with Crippen molar-refractivity contribution < 1.29 is 0 Å². The molecule has 2 nitrogen and oxygen atoms in total. The van der Waals surface area contributed by atoms with Crippen LogP contribution in [0.25, 0.3) is 4.96 Å². The smallest absolute Gasteiger partial charge is 0.194 e. The average molecular weight is 168 g/mol. The molecule has 0 amide bonds. The molecular formula is C6H4N2S2. The molecule has 2 heterocycles. The summed E-state index contributed by atoms with van der Waals surface area (Å²) in [5.74, 6) is 0. The summed E-state index contributed by atoms with van der Waals surface area (Å²) in [7, 11) is 0. The molecule has 4 heteroatoms. The van der Waals surface area contributed by atoms with Crippen LogP contribution in [-0.4, -0.2) is 9.38 Å². The SMILES string of the molecule is S=c1ccnc2sccn12. The van der Waals surface area contributed by atoms with E-state index in [0.717, 1.165) is 9.60 Å². The zero-order chi connectivity index (χ0) is 6.97. The lowest BCUT2D eigenvalue weighted by Gasteiger charge is -1.88. The number of fused-ring (bicyclic) bond motifs is 1. The number of thiazole rings is 1. The highest BCUT2D eigenvalue weighted by Gasteiger charge is 1.90. The summed E-state index contributed by atoms with van der Waals surface area (Å²) in [5, 5.41) is 1.97. The number of rotatable bonds is 0. The van der Waals surface area contributed by atoms with Crippen molar-refractivity contribution >= 4 is 28.5 Å². The Morgan fingerprint density at radius 1 is 1.60 bits per heavy atom. The normalized spacial score (nSPS) is 10.4.